The van der Waals surface area contributed by atoms with Crippen molar-refractivity contribution in [3.05, 3.63) is 0 Å². The fourth-order valence-electron chi connectivity index (χ4n) is 6.79. The number of hydrogen-bond acceptors (Lipinski definition) is 12. The maximum absolute atomic E-state index is 12.8. The number of carbonyl (C=O) groups excluding carboxylic acids is 6. The normalized spacial score (nSPS) is 12.1. The second kappa shape index (κ2) is 43.6. The Morgan fingerprint density at radius 2 is 0.672 bits per heavy atom. The number of esters is 5. The summed E-state index contributed by atoms with van der Waals surface area (Å²) >= 11 is 0. The van der Waals surface area contributed by atoms with Crippen molar-refractivity contribution >= 4 is 35.6 Å². The van der Waals surface area contributed by atoms with E-state index in [1.165, 1.54) is 51.4 Å². The standard InChI is InChI=1S/C49H89NO11/c1-5-9-13-17-21-25-29-43(51)37-42(38-57-45(52)30-26-22-18-14-10-6-2)39-58-47(54)33-35-50-36-34-48(55)60-41-44(61-49(56)32-28-24-20-16-12-8-4)40-59-46(53)31-27-23-19-15-11-7-3/h42,44,50H,5-41H2,1-4H3/t42-,44-/m1/s1. The van der Waals surface area contributed by atoms with E-state index in [1.54, 1.807) is 0 Å². The number of unbranched alkanes of at least 4 members (excludes halogenated alkanes) is 20. The number of Topliss-reactive ketones (excluding diaryl/α,β-unsaturated/α-hetero) is 1. The molecule has 0 aromatic carbocycles. The SMILES string of the molecule is CCCCCCCCC(=O)C[C@H](COC(=O)CCCCCCCC)COC(=O)CCNCCC(=O)OC[C@@H](COC(=O)CCCCCCCC)OC(=O)CCCCCCCC. The minimum atomic E-state index is -0.897. The summed E-state index contributed by atoms with van der Waals surface area (Å²) in [6, 6.07) is 0. The Hall–Kier alpha value is -3.02. The smallest absolute Gasteiger partial charge is 0.307 e. The van der Waals surface area contributed by atoms with Gasteiger partial charge in [0.05, 0.1) is 26.1 Å². The molecule has 1 N–H and O–H groups in total. The molecule has 0 bridgehead atoms. The Kier molecular flexibility index (Phi) is 41.5. The first-order chi connectivity index (χ1) is 29.6. The van der Waals surface area contributed by atoms with Gasteiger partial charge >= 0.3 is 29.8 Å². The zero-order chi connectivity index (χ0) is 45.0. The van der Waals surface area contributed by atoms with Crippen LogP contribution in [0.25, 0.3) is 0 Å². The average Bonchev–Trinajstić information content (AvgIpc) is 3.24. The first kappa shape index (κ1) is 58.0. The summed E-state index contributed by atoms with van der Waals surface area (Å²) in [6.45, 7) is 8.76. The fraction of sp³-hybridized carbons (Fsp3) is 0.878. The van der Waals surface area contributed by atoms with E-state index in [0.29, 0.717) is 19.3 Å². The molecule has 0 unspecified atom stereocenters. The number of ketones is 1. The Labute approximate surface area is 370 Å². The van der Waals surface area contributed by atoms with Gasteiger partial charge in [-0.2, -0.15) is 0 Å². The van der Waals surface area contributed by atoms with E-state index in [1.807, 2.05) is 0 Å². The number of carbonyl (C=O) groups is 6. The van der Waals surface area contributed by atoms with Gasteiger partial charge in [-0.25, -0.2) is 0 Å². The van der Waals surface area contributed by atoms with Crippen molar-refractivity contribution in [2.45, 2.75) is 233 Å². The van der Waals surface area contributed by atoms with Crippen LogP contribution in [0.2, 0.25) is 0 Å². The highest BCUT2D eigenvalue weighted by molar-refractivity contribution is 5.78. The van der Waals surface area contributed by atoms with Gasteiger partial charge in [0.25, 0.3) is 0 Å². The van der Waals surface area contributed by atoms with Crippen LogP contribution in [0.3, 0.4) is 0 Å². The topological polar surface area (TPSA) is 161 Å². The second-order valence-corrected chi connectivity index (χ2v) is 16.8. The molecule has 12 nitrogen and oxygen atoms in total. The van der Waals surface area contributed by atoms with Crippen LogP contribution < -0.4 is 5.32 Å². The molecular formula is C49H89NO11. The zero-order valence-electron chi connectivity index (χ0n) is 39.3. The third kappa shape index (κ3) is 40.8. The third-order valence-electron chi connectivity index (χ3n) is 10.7. The monoisotopic (exact) mass is 868 g/mol. The van der Waals surface area contributed by atoms with Gasteiger partial charge in [0.2, 0.25) is 0 Å². The van der Waals surface area contributed by atoms with E-state index < -0.39 is 29.9 Å². The van der Waals surface area contributed by atoms with Gasteiger partial charge in [-0.15, -0.1) is 0 Å². The summed E-state index contributed by atoms with van der Waals surface area (Å²) in [5, 5.41) is 3.04. The molecule has 0 aromatic heterocycles. The molecule has 0 saturated heterocycles. The van der Waals surface area contributed by atoms with Gasteiger partial charge in [-0.05, 0) is 25.7 Å². The van der Waals surface area contributed by atoms with Crippen LogP contribution in [-0.4, -0.2) is 81.3 Å². The van der Waals surface area contributed by atoms with E-state index >= 15 is 0 Å². The van der Waals surface area contributed by atoms with Gasteiger partial charge in [-0.3, -0.25) is 28.8 Å². The van der Waals surface area contributed by atoms with Crippen LogP contribution >= 0.6 is 0 Å². The number of ether oxygens (including phenoxy) is 5. The summed E-state index contributed by atoms with van der Waals surface area (Å²) in [5.41, 5.74) is 0. The maximum Gasteiger partial charge on any atom is 0.307 e. The highest BCUT2D eigenvalue weighted by atomic mass is 16.6. The van der Waals surface area contributed by atoms with E-state index in [0.717, 1.165) is 96.3 Å². The van der Waals surface area contributed by atoms with Crippen molar-refractivity contribution in [1.29, 1.82) is 0 Å². The van der Waals surface area contributed by atoms with E-state index in [-0.39, 0.29) is 89.3 Å². The van der Waals surface area contributed by atoms with Crippen LogP contribution in [0.1, 0.15) is 227 Å². The molecule has 2 atom stereocenters. The van der Waals surface area contributed by atoms with Crippen molar-refractivity contribution in [3.8, 4) is 0 Å². The summed E-state index contributed by atoms with van der Waals surface area (Å²) in [5.74, 6) is -2.37. The summed E-state index contributed by atoms with van der Waals surface area (Å²) in [4.78, 5) is 75.3. The van der Waals surface area contributed by atoms with Crippen LogP contribution in [-0.2, 0) is 52.5 Å². The Bertz CT molecular complexity index is 1030. The second-order valence-electron chi connectivity index (χ2n) is 16.8. The average molecular weight is 868 g/mol. The van der Waals surface area contributed by atoms with E-state index in [4.69, 9.17) is 23.7 Å². The van der Waals surface area contributed by atoms with E-state index in [9.17, 15) is 28.8 Å². The molecule has 0 saturated carbocycles. The quantitative estimate of drug-likeness (QED) is 0.0351. The molecule has 0 spiro atoms. The first-order valence-electron chi connectivity index (χ1n) is 24.7. The van der Waals surface area contributed by atoms with Gasteiger partial charge in [0.1, 0.15) is 19.0 Å². The predicted octanol–water partition coefficient (Wildman–Crippen LogP) is 11.0. The first-order valence-corrected chi connectivity index (χ1v) is 24.7. The highest BCUT2D eigenvalue weighted by Gasteiger charge is 2.21. The lowest BCUT2D eigenvalue weighted by Gasteiger charge is -2.18. The molecule has 12 heteroatoms. The Morgan fingerprint density at radius 1 is 0.361 bits per heavy atom. The number of hydrogen-bond donors (Lipinski definition) is 1. The van der Waals surface area contributed by atoms with Crippen LogP contribution in [0.4, 0.5) is 0 Å². The van der Waals surface area contributed by atoms with Crippen molar-refractivity contribution in [3.63, 3.8) is 0 Å². The molecule has 0 aliphatic carbocycles. The lowest BCUT2D eigenvalue weighted by molar-refractivity contribution is -0.166. The number of nitrogens with one attached hydrogen (secondary N) is 1. The molecule has 0 heterocycles. The molecular weight excluding hydrogens is 779 g/mol. The lowest BCUT2D eigenvalue weighted by Crippen LogP contribution is -2.31. The Morgan fingerprint density at radius 3 is 1.07 bits per heavy atom. The highest BCUT2D eigenvalue weighted by Crippen LogP contribution is 2.15. The molecule has 0 aromatic rings. The van der Waals surface area contributed by atoms with Crippen molar-refractivity contribution in [2.24, 2.45) is 5.92 Å². The molecule has 0 rings (SSSR count). The molecule has 0 aliphatic heterocycles. The van der Waals surface area contributed by atoms with Gasteiger partial charge in [0, 0.05) is 51.1 Å². The molecule has 0 aliphatic rings. The maximum atomic E-state index is 12.8. The Balaban J connectivity index is 4.77. The van der Waals surface area contributed by atoms with Crippen LogP contribution in [0.5, 0.6) is 0 Å². The summed E-state index contributed by atoms with van der Waals surface area (Å²) < 4.78 is 27.4. The third-order valence-corrected chi connectivity index (χ3v) is 10.7. The molecule has 0 fully saturated rings. The summed E-state index contributed by atoms with van der Waals surface area (Å²) in [6.07, 6.45) is 26.0. The van der Waals surface area contributed by atoms with Gasteiger partial charge < -0.3 is 29.0 Å². The molecule has 0 amide bonds. The molecule has 356 valence electrons. The van der Waals surface area contributed by atoms with Crippen molar-refractivity contribution in [2.75, 3.05) is 39.5 Å². The number of rotatable bonds is 45. The minimum Gasteiger partial charge on any atom is -0.465 e. The van der Waals surface area contributed by atoms with E-state index in [2.05, 4.69) is 33.0 Å². The molecule has 61 heavy (non-hydrogen) atoms. The zero-order valence-corrected chi connectivity index (χ0v) is 39.3. The van der Waals surface area contributed by atoms with Gasteiger partial charge in [0.15, 0.2) is 6.10 Å². The van der Waals surface area contributed by atoms with Crippen molar-refractivity contribution in [1.82, 2.24) is 5.32 Å². The lowest BCUT2D eigenvalue weighted by atomic mass is 10.00. The van der Waals surface area contributed by atoms with Crippen molar-refractivity contribution < 1.29 is 52.5 Å². The summed E-state index contributed by atoms with van der Waals surface area (Å²) in [7, 11) is 0. The van der Waals surface area contributed by atoms with Gasteiger partial charge in [-0.1, -0.05) is 156 Å². The van der Waals surface area contributed by atoms with Crippen LogP contribution in [0, 0.1) is 5.92 Å². The largest absolute Gasteiger partial charge is 0.465 e. The van der Waals surface area contributed by atoms with Crippen LogP contribution in [0.15, 0.2) is 0 Å². The molecule has 0 radical (unpaired) electrons. The minimum absolute atomic E-state index is 0.0121. The fourth-order valence-corrected chi connectivity index (χ4v) is 6.79. The predicted molar refractivity (Wildman–Crippen MR) is 241 cm³/mol.